The van der Waals surface area contributed by atoms with Gasteiger partial charge in [0.15, 0.2) is 0 Å². The van der Waals surface area contributed by atoms with Crippen LogP contribution >= 0.6 is 0 Å². The molecular formula is C23H33N3O7. The minimum atomic E-state index is -0.689. The van der Waals surface area contributed by atoms with Gasteiger partial charge in [0.25, 0.3) is 5.91 Å². The lowest BCUT2D eigenvalue weighted by atomic mass is 9.98. The Morgan fingerprint density at radius 3 is 2.45 bits per heavy atom. The fourth-order valence-electron chi connectivity index (χ4n) is 2.96. The van der Waals surface area contributed by atoms with Crippen molar-refractivity contribution in [2.75, 3.05) is 31.5 Å². The highest BCUT2D eigenvalue weighted by Crippen LogP contribution is 2.20. The fourth-order valence-corrected chi connectivity index (χ4v) is 2.96. The molecule has 2 N–H and O–H groups in total. The monoisotopic (exact) mass is 463 g/mol. The van der Waals surface area contributed by atoms with Gasteiger partial charge in [0.05, 0.1) is 23.6 Å². The second-order valence-electron chi connectivity index (χ2n) is 8.74. The number of hydrogen-bond acceptors (Lipinski definition) is 8. The van der Waals surface area contributed by atoms with E-state index in [1.807, 2.05) is 0 Å². The van der Waals surface area contributed by atoms with E-state index < -0.39 is 30.1 Å². The van der Waals surface area contributed by atoms with Crippen LogP contribution in [0.3, 0.4) is 0 Å². The van der Waals surface area contributed by atoms with E-state index in [4.69, 9.17) is 14.3 Å². The number of nitrogens with one attached hydrogen (secondary N) is 2. The topological polar surface area (TPSA) is 123 Å². The maximum absolute atomic E-state index is 12.5. The molecule has 1 aliphatic rings. The minimum Gasteiger partial charge on any atom is -0.428 e. The summed E-state index contributed by atoms with van der Waals surface area (Å²) in [5.41, 5.74) is 0.0832. The third kappa shape index (κ3) is 8.82. The molecule has 1 aliphatic heterocycles. The standard InChI is InChI=1S/C23H33N3O7/c1-16(27)26(33-19-8-11-24-12-9-19)18-7-5-6-17(14-18)21(29)25-13-10-20(28)31-15-32-22(30)23(2,3)4/h5-7,14,19,24H,8-13,15H2,1-4H3,(H,25,29). The van der Waals surface area contributed by atoms with Crippen LogP contribution in [-0.2, 0) is 28.7 Å². The van der Waals surface area contributed by atoms with E-state index in [2.05, 4.69) is 10.6 Å². The lowest BCUT2D eigenvalue weighted by Crippen LogP contribution is -2.39. The van der Waals surface area contributed by atoms with Crippen molar-refractivity contribution in [3.8, 4) is 0 Å². The number of benzene rings is 1. The molecule has 33 heavy (non-hydrogen) atoms. The summed E-state index contributed by atoms with van der Waals surface area (Å²) in [7, 11) is 0. The number of carbonyl (C=O) groups excluding carboxylic acids is 4. The van der Waals surface area contributed by atoms with Crippen LogP contribution in [0.25, 0.3) is 0 Å². The first-order chi connectivity index (χ1) is 15.6. The van der Waals surface area contributed by atoms with Gasteiger partial charge < -0.3 is 20.1 Å². The number of anilines is 1. The summed E-state index contributed by atoms with van der Waals surface area (Å²) in [5, 5.41) is 7.08. The Labute approximate surface area is 193 Å². The van der Waals surface area contributed by atoms with Gasteiger partial charge in [0, 0.05) is 19.0 Å². The fraction of sp³-hybridized carbons (Fsp3) is 0.565. The highest BCUT2D eigenvalue weighted by molar-refractivity contribution is 5.97. The van der Waals surface area contributed by atoms with E-state index in [-0.39, 0.29) is 25.0 Å². The number of nitrogens with zero attached hydrogens (tertiary/aromatic N) is 1. The molecule has 0 unspecified atom stereocenters. The number of piperidine rings is 1. The Bertz CT molecular complexity index is 845. The molecule has 1 aromatic rings. The molecule has 0 aromatic heterocycles. The number of ether oxygens (including phenoxy) is 2. The van der Waals surface area contributed by atoms with Gasteiger partial charge in [-0.3, -0.25) is 24.0 Å². The number of esters is 2. The number of carbonyl (C=O) groups is 4. The van der Waals surface area contributed by atoms with E-state index >= 15 is 0 Å². The van der Waals surface area contributed by atoms with Gasteiger partial charge >= 0.3 is 11.9 Å². The van der Waals surface area contributed by atoms with Gasteiger partial charge in [-0.15, -0.1) is 0 Å². The van der Waals surface area contributed by atoms with Crippen molar-refractivity contribution in [2.45, 2.75) is 53.1 Å². The van der Waals surface area contributed by atoms with Crippen molar-refractivity contribution in [3.63, 3.8) is 0 Å². The molecule has 2 rings (SSSR count). The lowest BCUT2D eigenvalue weighted by molar-refractivity contribution is -0.173. The van der Waals surface area contributed by atoms with Gasteiger partial charge in [0.1, 0.15) is 0 Å². The smallest absolute Gasteiger partial charge is 0.314 e. The number of hydrogen-bond donors (Lipinski definition) is 2. The summed E-state index contributed by atoms with van der Waals surface area (Å²) >= 11 is 0. The molecule has 10 nitrogen and oxygen atoms in total. The van der Waals surface area contributed by atoms with E-state index in [9.17, 15) is 19.2 Å². The summed E-state index contributed by atoms with van der Waals surface area (Å²) in [5.74, 6) is -1.79. The third-order valence-corrected chi connectivity index (χ3v) is 4.81. The summed E-state index contributed by atoms with van der Waals surface area (Å²) in [4.78, 5) is 53.9. The zero-order chi connectivity index (χ0) is 24.4. The maximum Gasteiger partial charge on any atom is 0.314 e. The van der Waals surface area contributed by atoms with Crippen molar-refractivity contribution >= 4 is 29.4 Å². The summed E-state index contributed by atoms with van der Waals surface area (Å²) < 4.78 is 9.71. The first-order valence-electron chi connectivity index (χ1n) is 11.0. The van der Waals surface area contributed by atoms with Crippen LogP contribution in [0.5, 0.6) is 0 Å². The Kier molecular flexibility index (Phi) is 9.80. The van der Waals surface area contributed by atoms with Crippen LogP contribution in [0, 0.1) is 5.41 Å². The van der Waals surface area contributed by atoms with E-state index in [0.717, 1.165) is 25.9 Å². The Hall–Kier alpha value is -2.98. The number of rotatable bonds is 9. The predicted molar refractivity (Wildman–Crippen MR) is 120 cm³/mol. The van der Waals surface area contributed by atoms with Crippen molar-refractivity contribution < 1.29 is 33.5 Å². The molecule has 0 bridgehead atoms. The number of hydroxylamine groups is 1. The van der Waals surface area contributed by atoms with Crippen LogP contribution in [0.4, 0.5) is 5.69 Å². The Morgan fingerprint density at radius 2 is 1.82 bits per heavy atom. The zero-order valence-corrected chi connectivity index (χ0v) is 19.6. The maximum atomic E-state index is 12.5. The lowest BCUT2D eigenvalue weighted by Gasteiger charge is -2.29. The van der Waals surface area contributed by atoms with Crippen LogP contribution < -0.4 is 15.7 Å². The van der Waals surface area contributed by atoms with Crippen molar-refractivity contribution in [1.82, 2.24) is 10.6 Å². The average Bonchev–Trinajstić information content (AvgIpc) is 2.77. The van der Waals surface area contributed by atoms with Gasteiger partial charge in [-0.05, 0) is 64.9 Å². The molecule has 1 heterocycles. The van der Waals surface area contributed by atoms with Crippen molar-refractivity contribution in [2.24, 2.45) is 5.41 Å². The molecule has 10 heteroatoms. The first-order valence-corrected chi connectivity index (χ1v) is 11.0. The molecular weight excluding hydrogens is 430 g/mol. The molecule has 1 fully saturated rings. The molecule has 0 aliphatic carbocycles. The molecule has 182 valence electrons. The predicted octanol–water partition coefficient (Wildman–Crippen LogP) is 1.93. The van der Waals surface area contributed by atoms with Crippen LogP contribution in [-0.4, -0.2) is 56.3 Å². The minimum absolute atomic E-state index is 0.0388. The summed E-state index contributed by atoms with van der Waals surface area (Å²) in [6.45, 7) is 7.68. The van der Waals surface area contributed by atoms with Crippen LogP contribution in [0.1, 0.15) is 57.3 Å². The SMILES string of the molecule is CC(=O)N(OC1CCNCC1)c1cccc(C(=O)NCCC(=O)OCOC(=O)C(C)(C)C)c1. The second kappa shape index (κ2) is 12.3. The van der Waals surface area contributed by atoms with E-state index in [0.29, 0.717) is 11.3 Å². The highest BCUT2D eigenvalue weighted by Gasteiger charge is 2.24. The molecule has 1 saturated heterocycles. The quantitative estimate of drug-likeness (QED) is 0.324. The second-order valence-corrected chi connectivity index (χ2v) is 8.74. The zero-order valence-electron chi connectivity index (χ0n) is 19.6. The van der Waals surface area contributed by atoms with Crippen molar-refractivity contribution in [3.05, 3.63) is 29.8 Å². The molecule has 1 aromatic carbocycles. The number of amides is 2. The Balaban J connectivity index is 1.83. The summed E-state index contributed by atoms with van der Waals surface area (Å²) in [6, 6.07) is 6.51. The molecule has 2 amide bonds. The Morgan fingerprint density at radius 1 is 1.12 bits per heavy atom. The van der Waals surface area contributed by atoms with Gasteiger partial charge in [0.2, 0.25) is 12.7 Å². The summed E-state index contributed by atoms with van der Waals surface area (Å²) in [6.07, 6.45) is 1.41. The molecule has 0 atom stereocenters. The van der Waals surface area contributed by atoms with Gasteiger partial charge in [-0.1, -0.05) is 6.07 Å². The molecule has 0 radical (unpaired) electrons. The highest BCUT2D eigenvalue weighted by atomic mass is 16.7. The van der Waals surface area contributed by atoms with Crippen LogP contribution in [0.2, 0.25) is 0 Å². The molecule has 0 spiro atoms. The van der Waals surface area contributed by atoms with Gasteiger partial charge in [-0.2, -0.15) is 5.06 Å². The van der Waals surface area contributed by atoms with E-state index in [1.165, 1.54) is 12.0 Å². The molecule has 0 saturated carbocycles. The first kappa shape index (κ1) is 26.3. The third-order valence-electron chi connectivity index (χ3n) is 4.81. The average molecular weight is 464 g/mol. The van der Waals surface area contributed by atoms with Crippen LogP contribution in [0.15, 0.2) is 24.3 Å². The van der Waals surface area contributed by atoms with Gasteiger partial charge in [-0.25, -0.2) is 0 Å². The van der Waals surface area contributed by atoms with E-state index in [1.54, 1.807) is 45.0 Å². The van der Waals surface area contributed by atoms with Crippen molar-refractivity contribution in [1.29, 1.82) is 0 Å². The largest absolute Gasteiger partial charge is 0.428 e. The normalized spacial score (nSPS) is 14.3.